The average Bonchev–Trinajstić information content (AvgIpc) is 2.58. The van der Waals surface area contributed by atoms with Gasteiger partial charge in [-0.15, -0.1) is 0 Å². The van der Waals surface area contributed by atoms with Crippen molar-refractivity contribution in [2.45, 2.75) is 71.7 Å². The van der Waals surface area contributed by atoms with Gasteiger partial charge in [0.15, 0.2) is 0 Å². The van der Waals surface area contributed by atoms with E-state index >= 15 is 0 Å². The van der Waals surface area contributed by atoms with E-state index in [2.05, 4.69) is 58.9 Å². The molecule has 1 aromatic rings. The highest BCUT2D eigenvalue weighted by Crippen LogP contribution is 2.24. The zero-order chi connectivity index (χ0) is 17.3. The molecule has 0 bridgehead atoms. The normalized spacial score (nSPS) is 16.8. The first-order valence-corrected chi connectivity index (χ1v) is 8.69. The number of hydrogen-bond donors (Lipinski definition) is 0. The van der Waals surface area contributed by atoms with Crippen LogP contribution in [-0.2, 0) is 20.8 Å². The Labute approximate surface area is 142 Å². The first-order chi connectivity index (χ1) is 10.9. The molecule has 0 aliphatic rings. The maximum Gasteiger partial charge on any atom is 0.0880 e. The molecule has 132 valence electrons. The van der Waals surface area contributed by atoms with Crippen LogP contribution < -0.4 is 0 Å². The second-order valence-electron chi connectivity index (χ2n) is 6.89. The molecule has 1 aromatic carbocycles. The first kappa shape index (κ1) is 20.1. The van der Waals surface area contributed by atoms with Crippen molar-refractivity contribution in [1.82, 2.24) is 0 Å². The fourth-order valence-corrected chi connectivity index (χ4v) is 2.15. The third-order valence-electron chi connectivity index (χ3n) is 4.88. The number of methoxy groups -OCH3 is 1. The van der Waals surface area contributed by atoms with Gasteiger partial charge in [-0.05, 0) is 45.6 Å². The van der Waals surface area contributed by atoms with Crippen LogP contribution in [0.4, 0.5) is 0 Å². The molecule has 3 nitrogen and oxygen atoms in total. The van der Waals surface area contributed by atoms with Gasteiger partial charge in [0.05, 0.1) is 24.4 Å². The van der Waals surface area contributed by atoms with Gasteiger partial charge in [-0.1, -0.05) is 43.7 Å². The largest absolute Gasteiger partial charge is 0.377 e. The molecule has 0 saturated heterocycles. The van der Waals surface area contributed by atoms with Crippen LogP contribution in [0, 0.1) is 6.92 Å². The minimum Gasteiger partial charge on any atom is -0.377 e. The van der Waals surface area contributed by atoms with E-state index < -0.39 is 0 Å². The van der Waals surface area contributed by atoms with Crippen molar-refractivity contribution in [3.05, 3.63) is 35.4 Å². The summed E-state index contributed by atoms with van der Waals surface area (Å²) in [6.07, 6.45) is 2.79. The van der Waals surface area contributed by atoms with Crippen molar-refractivity contribution in [3.63, 3.8) is 0 Å². The van der Waals surface area contributed by atoms with E-state index in [1.165, 1.54) is 11.1 Å². The van der Waals surface area contributed by atoms with Gasteiger partial charge < -0.3 is 14.2 Å². The minimum absolute atomic E-state index is 0.164. The van der Waals surface area contributed by atoms with Crippen molar-refractivity contribution < 1.29 is 14.2 Å². The summed E-state index contributed by atoms with van der Waals surface area (Å²) in [6.45, 7) is 12.6. The summed E-state index contributed by atoms with van der Waals surface area (Å²) in [5.41, 5.74) is 2.12. The maximum atomic E-state index is 6.19. The summed E-state index contributed by atoms with van der Waals surface area (Å²) in [5.74, 6) is 0. The first-order valence-electron chi connectivity index (χ1n) is 8.69. The van der Waals surface area contributed by atoms with E-state index in [0.717, 1.165) is 19.3 Å². The Morgan fingerprint density at radius 2 is 1.57 bits per heavy atom. The Morgan fingerprint density at radius 1 is 0.957 bits per heavy atom. The molecule has 1 rings (SSSR count). The molecule has 0 radical (unpaired) electrons. The zero-order valence-corrected chi connectivity index (χ0v) is 15.8. The molecule has 0 heterocycles. The Hall–Kier alpha value is -0.900. The SMILES string of the molecule is CCC(C)(COC(C)(CC)CCOCc1ccc(C)cc1)OC. The molecule has 0 aromatic heterocycles. The van der Waals surface area contributed by atoms with Crippen LogP contribution in [-0.4, -0.2) is 31.5 Å². The average molecular weight is 322 g/mol. The predicted molar refractivity (Wildman–Crippen MR) is 95.8 cm³/mol. The number of benzene rings is 1. The quantitative estimate of drug-likeness (QED) is 0.542. The molecule has 0 amide bonds. The van der Waals surface area contributed by atoms with E-state index in [1.807, 2.05) is 0 Å². The molecule has 0 aliphatic heterocycles. The summed E-state index contributed by atoms with van der Waals surface area (Å²) < 4.78 is 17.6. The molecular weight excluding hydrogens is 288 g/mol. The Morgan fingerprint density at radius 3 is 2.09 bits per heavy atom. The van der Waals surface area contributed by atoms with Gasteiger partial charge in [-0.2, -0.15) is 0 Å². The summed E-state index contributed by atoms with van der Waals surface area (Å²) in [6, 6.07) is 8.48. The smallest absolute Gasteiger partial charge is 0.0880 e. The molecule has 0 N–H and O–H groups in total. The van der Waals surface area contributed by atoms with Gasteiger partial charge >= 0.3 is 0 Å². The fourth-order valence-electron chi connectivity index (χ4n) is 2.15. The number of rotatable bonds is 11. The van der Waals surface area contributed by atoms with Crippen molar-refractivity contribution in [3.8, 4) is 0 Å². The Kier molecular flexibility index (Phi) is 8.24. The standard InChI is InChI=1S/C20H34O3/c1-7-19(4,23-16-20(5,8-2)21-6)13-14-22-15-18-11-9-17(3)10-12-18/h9-12H,7-8,13-16H2,1-6H3. The van der Waals surface area contributed by atoms with Gasteiger partial charge in [0.1, 0.15) is 0 Å². The number of hydrogen-bond acceptors (Lipinski definition) is 3. The van der Waals surface area contributed by atoms with Crippen molar-refractivity contribution in [2.24, 2.45) is 0 Å². The second kappa shape index (κ2) is 9.41. The van der Waals surface area contributed by atoms with Crippen molar-refractivity contribution in [1.29, 1.82) is 0 Å². The fraction of sp³-hybridized carbons (Fsp3) is 0.700. The molecule has 2 atom stereocenters. The lowest BCUT2D eigenvalue weighted by Crippen LogP contribution is -2.39. The molecule has 0 fully saturated rings. The van der Waals surface area contributed by atoms with Crippen LogP contribution >= 0.6 is 0 Å². The van der Waals surface area contributed by atoms with Crippen LogP contribution in [0.2, 0.25) is 0 Å². The van der Waals surface area contributed by atoms with Gasteiger partial charge in [0.2, 0.25) is 0 Å². The predicted octanol–water partition coefficient (Wildman–Crippen LogP) is 4.90. The molecule has 0 aliphatic carbocycles. The highest BCUT2D eigenvalue weighted by molar-refractivity contribution is 5.20. The van der Waals surface area contributed by atoms with Gasteiger partial charge in [0.25, 0.3) is 0 Å². The van der Waals surface area contributed by atoms with E-state index in [1.54, 1.807) is 7.11 Å². The van der Waals surface area contributed by atoms with E-state index in [0.29, 0.717) is 19.8 Å². The third kappa shape index (κ3) is 7.03. The number of aryl methyl sites for hydroxylation is 1. The van der Waals surface area contributed by atoms with Gasteiger partial charge in [0, 0.05) is 13.7 Å². The Bertz CT molecular complexity index is 437. The summed E-state index contributed by atoms with van der Waals surface area (Å²) in [5, 5.41) is 0. The Balaban J connectivity index is 2.38. The van der Waals surface area contributed by atoms with E-state index in [9.17, 15) is 0 Å². The monoisotopic (exact) mass is 322 g/mol. The molecule has 23 heavy (non-hydrogen) atoms. The van der Waals surface area contributed by atoms with Crippen LogP contribution in [0.15, 0.2) is 24.3 Å². The molecule has 2 unspecified atom stereocenters. The third-order valence-corrected chi connectivity index (χ3v) is 4.88. The molecule has 0 spiro atoms. The maximum absolute atomic E-state index is 6.19. The summed E-state index contributed by atoms with van der Waals surface area (Å²) in [7, 11) is 1.75. The highest BCUT2D eigenvalue weighted by atomic mass is 16.5. The zero-order valence-electron chi connectivity index (χ0n) is 15.8. The molecule has 0 saturated carbocycles. The van der Waals surface area contributed by atoms with Gasteiger partial charge in [-0.25, -0.2) is 0 Å². The van der Waals surface area contributed by atoms with Crippen LogP contribution in [0.3, 0.4) is 0 Å². The molecular formula is C20H34O3. The second-order valence-corrected chi connectivity index (χ2v) is 6.89. The molecule has 3 heteroatoms. The van der Waals surface area contributed by atoms with Crippen LogP contribution in [0.1, 0.15) is 58.1 Å². The van der Waals surface area contributed by atoms with E-state index in [-0.39, 0.29) is 11.2 Å². The summed E-state index contributed by atoms with van der Waals surface area (Å²) in [4.78, 5) is 0. The lowest BCUT2D eigenvalue weighted by Gasteiger charge is -2.34. The van der Waals surface area contributed by atoms with Crippen molar-refractivity contribution >= 4 is 0 Å². The van der Waals surface area contributed by atoms with Crippen LogP contribution in [0.25, 0.3) is 0 Å². The number of ether oxygens (including phenoxy) is 3. The van der Waals surface area contributed by atoms with Gasteiger partial charge in [-0.3, -0.25) is 0 Å². The highest BCUT2D eigenvalue weighted by Gasteiger charge is 2.29. The summed E-state index contributed by atoms with van der Waals surface area (Å²) >= 11 is 0. The lowest BCUT2D eigenvalue weighted by atomic mass is 9.98. The van der Waals surface area contributed by atoms with Crippen molar-refractivity contribution in [2.75, 3.05) is 20.3 Å². The van der Waals surface area contributed by atoms with Crippen LogP contribution in [0.5, 0.6) is 0 Å². The van der Waals surface area contributed by atoms with E-state index in [4.69, 9.17) is 14.2 Å². The topological polar surface area (TPSA) is 27.7 Å². The minimum atomic E-state index is -0.209. The lowest BCUT2D eigenvalue weighted by molar-refractivity contribution is -0.130.